The summed E-state index contributed by atoms with van der Waals surface area (Å²) in [5.74, 6) is 0.139. The molecule has 6 heteroatoms. The highest BCUT2D eigenvalue weighted by Gasteiger charge is 2.28. The fraction of sp³-hybridized carbons (Fsp3) is 0.211. The summed E-state index contributed by atoms with van der Waals surface area (Å²) in [5.41, 5.74) is 4.61. The van der Waals surface area contributed by atoms with Crippen LogP contribution in [0.15, 0.2) is 48.8 Å². The van der Waals surface area contributed by atoms with E-state index in [0.29, 0.717) is 11.4 Å². The van der Waals surface area contributed by atoms with Crippen LogP contribution < -0.4 is 5.32 Å². The van der Waals surface area contributed by atoms with Crippen LogP contribution in [-0.4, -0.2) is 27.0 Å². The smallest absolute Gasteiger partial charge is 0.159 e. The first kappa shape index (κ1) is 15.8. The molecular weight excluding hydrogens is 336 g/mol. The number of aromatic nitrogens is 3. The van der Waals surface area contributed by atoms with Crippen molar-refractivity contribution >= 4 is 23.1 Å². The van der Waals surface area contributed by atoms with Crippen LogP contribution >= 0.6 is 11.6 Å². The van der Waals surface area contributed by atoms with E-state index >= 15 is 0 Å². The summed E-state index contributed by atoms with van der Waals surface area (Å²) in [6, 6.07) is 11.1. The summed E-state index contributed by atoms with van der Waals surface area (Å²) in [6.45, 7) is 0. The van der Waals surface area contributed by atoms with E-state index < -0.39 is 0 Å². The molecule has 1 unspecified atom stereocenters. The lowest BCUT2D eigenvalue weighted by atomic mass is 9.95. The van der Waals surface area contributed by atoms with E-state index in [-0.39, 0.29) is 11.8 Å². The molecule has 0 spiro atoms. The number of carbonyl (C=O) groups is 1. The van der Waals surface area contributed by atoms with Gasteiger partial charge in [0.1, 0.15) is 5.69 Å². The molecule has 1 aliphatic heterocycles. The van der Waals surface area contributed by atoms with E-state index in [2.05, 4.69) is 20.5 Å². The molecule has 4 rings (SSSR count). The molecular formula is C19H17ClN4O. The maximum Gasteiger partial charge on any atom is 0.159 e. The Labute approximate surface area is 150 Å². The van der Waals surface area contributed by atoms with Gasteiger partial charge in [0, 0.05) is 29.4 Å². The van der Waals surface area contributed by atoms with Gasteiger partial charge in [-0.2, -0.15) is 5.10 Å². The summed E-state index contributed by atoms with van der Waals surface area (Å²) in [5, 5.41) is 11.5. The molecule has 0 radical (unpaired) electrons. The Balaban J connectivity index is 1.56. The molecule has 2 N–H and O–H groups in total. The van der Waals surface area contributed by atoms with Crippen molar-refractivity contribution in [1.82, 2.24) is 15.2 Å². The van der Waals surface area contributed by atoms with Gasteiger partial charge in [0.15, 0.2) is 5.78 Å². The number of ketones is 1. The molecule has 1 aromatic carbocycles. The minimum absolute atomic E-state index is 0.139. The van der Waals surface area contributed by atoms with Gasteiger partial charge in [-0.25, -0.2) is 0 Å². The predicted octanol–water partition coefficient (Wildman–Crippen LogP) is 3.66. The lowest BCUT2D eigenvalue weighted by molar-refractivity contribution is -0.119. The Morgan fingerprint density at radius 3 is 2.80 bits per heavy atom. The molecule has 0 fully saturated rings. The van der Waals surface area contributed by atoms with Crippen LogP contribution in [0.3, 0.4) is 0 Å². The normalized spacial score (nSPS) is 16.1. The zero-order chi connectivity index (χ0) is 17.2. The highest BCUT2D eigenvalue weighted by molar-refractivity contribution is 6.31. The van der Waals surface area contributed by atoms with Crippen molar-refractivity contribution in [3.63, 3.8) is 0 Å². The molecule has 0 amide bonds. The number of nitrogens with zero attached hydrogens (tertiary/aromatic N) is 2. The van der Waals surface area contributed by atoms with Gasteiger partial charge >= 0.3 is 0 Å². The van der Waals surface area contributed by atoms with Crippen molar-refractivity contribution in [2.24, 2.45) is 0 Å². The second-order valence-corrected chi connectivity index (χ2v) is 6.54. The summed E-state index contributed by atoms with van der Waals surface area (Å²) in [4.78, 5) is 16.8. The number of fused-ring (bicyclic) bond motifs is 1. The third-order valence-electron chi connectivity index (χ3n) is 4.51. The molecule has 126 valence electrons. The first-order chi connectivity index (χ1) is 12.2. The van der Waals surface area contributed by atoms with Crippen molar-refractivity contribution in [2.45, 2.75) is 25.3 Å². The van der Waals surface area contributed by atoms with E-state index in [1.54, 1.807) is 12.4 Å². The maximum atomic E-state index is 12.7. The van der Waals surface area contributed by atoms with E-state index in [1.807, 2.05) is 36.4 Å². The Kier molecular flexibility index (Phi) is 4.24. The number of halogens is 1. The number of rotatable bonds is 4. The summed E-state index contributed by atoms with van der Waals surface area (Å²) < 4.78 is 0. The molecule has 5 nitrogen and oxygen atoms in total. The molecule has 1 atom stereocenters. The summed E-state index contributed by atoms with van der Waals surface area (Å²) in [6.07, 6.45) is 5.33. The molecule has 3 heterocycles. The van der Waals surface area contributed by atoms with Gasteiger partial charge in [0.05, 0.1) is 17.4 Å². The second-order valence-electron chi connectivity index (χ2n) is 6.13. The Morgan fingerprint density at radius 1 is 1.20 bits per heavy atom. The Morgan fingerprint density at radius 2 is 2.00 bits per heavy atom. The molecule has 0 saturated carbocycles. The molecule has 0 aliphatic carbocycles. The standard InChI is InChI=1S/C19H17ClN4O/c20-14-4-2-1-3-13(14)11-17(25)15-5-6-16-19(22-15)18(24-23-16)12-7-9-21-10-8-12/h1-4,7-10,15,22H,5-6,11H2,(H,23,24). The van der Waals surface area contributed by atoms with Crippen molar-refractivity contribution in [1.29, 1.82) is 0 Å². The topological polar surface area (TPSA) is 70.7 Å². The molecule has 1 aliphatic rings. The number of benzene rings is 1. The largest absolute Gasteiger partial charge is 0.372 e. The van der Waals surface area contributed by atoms with E-state index in [4.69, 9.17) is 11.6 Å². The molecule has 0 bridgehead atoms. The highest BCUT2D eigenvalue weighted by atomic mass is 35.5. The molecule has 25 heavy (non-hydrogen) atoms. The van der Waals surface area contributed by atoms with Gasteiger partial charge in [0.25, 0.3) is 0 Å². The average molecular weight is 353 g/mol. The highest BCUT2D eigenvalue weighted by Crippen LogP contribution is 2.33. The predicted molar refractivity (Wildman–Crippen MR) is 97.7 cm³/mol. The van der Waals surface area contributed by atoms with Crippen molar-refractivity contribution in [3.05, 3.63) is 65.1 Å². The number of aromatic amines is 1. The molecule has 0 saturated heterocycles. The first-order valence-corrected chi connectivity index (χ1v) is 8.60. The number of H-pyrrole nitrogens is 1. The lowest BCUT2D eigenvalue weighted by Gasteiger charge is -2.24. The summed E-state index contributed by atoms with van der Waals surface area (Å²) >= 11 is 6.18. The van der Waals surface area contributed by atoms with Crippen molar-refractivity contribution in [3.8, 4) is 11.3 Å². The maximum absolute atomic E-state index is 12.7. The van der Waals surface area contributed by atoms with E-state index in [1.165, 1.54) is 0 Å². The third kappa shape index (κ3) is 3.15. The minimum Gasteiger partial charge on any atom is -0.372 e. The third-order valence-corrected chi connectivity index (χ3v) is 4.88. The van der Waals surface area contributed by atoms with Crippen LogP contribution in [-0.2, 0) is 17.6 Å². The fourth-order valence-corrected chi connectivity index (χ4v) is 3.36. The second kappa shape index (κ2) is 6.69. The number of anilines is 1. The lowest BCUT2D eigenvalue weighted by Crippen LogP contribution is -2.34. The van der Waals surface area contributed by atoms with Crippen LogP contribution in [0.2, 0.25) is 5.02 Å². The average Bonchev–Trinajstić information content (AvgIpc) is 3.07. The Hall–Kier alpha value is -2.66. The van der Waals surface area contributed by atoms with Gasteiger partial charge in [0.2, 0.25) is 0 Å². The van der Waals surface area contributed by atoms with Gasteiger partial charge < -0.3 is 5.32 Å². The van der Waals surface area contributed by atoms with Gasteiger partial charge in [-0.1, -0.05) is 29.8 Å². The zero-order valence-corrected chi connectivity index (χ0v) is 14.3. The number of nitrogens with one attached hydrogen (secondary N) is 2. The number of hydrogen-bond acceptors (Lipinski definition) is 4. The number of aryl methyl sites for hydroxylation is 1. The van der Waals surface area contributed by atoms with Crippen molar-refractivity contribution in [2.75, 3.05) is 5.32 Å². The van der Waals surface area contributed by atoms with Crippen LogP contribution in [0.4, 0.5) is 5.69 Å². The summed E-state index contributed by atoms with van der Waals surface area (Å²) in [7, 11) is 0. The molecule has 3 aromatic rings. The van der Waals surface area contributed by atoms with Crippen LogP contribution in [0.5, 0.6) is 0 Å². The van der Waals surface area contributed by atoms with Gasteiger partial charge in [-0.3, -0.25) is 14.9 Å². The Bertz CT molecular complexity index is 907. The van der Waals surface area contributed by atoms with E-state index in [9.17, 15) is 4.79 Å². The van der Waals surface area contributed by atoms with Crippen LogP contribution in [0.1, 0.15) is 17.7 Å². The van der Waals surface area contributed by atoms with Crippen LogP contribution in [0, 0.1) is 0 Å². The number of Topliss-reactive ketones (excluding diaryl/α,β-unsaturated/α-hetero) is 1. The number of pyridine rings is 1. The van der Waals surface area contributed by atoms with Crippen LogP contribution in [0.25, 0.3) is 11.3 Å². The monoisotopic (exact) mass is 352 g/mol. The first-order valence-electron chi connectivity index (χ1n) is 8.22. The quantitative estimate of drug-likeness (QED) is 0.751. The van der Waals surface area contributed by atoms with Crippen molar-refractivity contribution < 1.29 is 4.79 Å². The SMILES string of the molecule is O=C(Cc1ccccc1Cl)C1CCc2[nH]nc(-c3ccncc3)c2N1. The van der Waals surface area contributed by atoms with Gasteiger partial charge in [-0.15, -0.1) is 0 Å². The number of hydrogen-bond donors (Lipinski definition) is 2. The number of carbonyl (C=O) groups excluding carboxylic acids is 1. The van der Waals surface area contributed by atoms with E-state index in [0.717, 1.165) is 41.0 Å². The van der Waals surface area contributed by atoms with Gasteiger partial charge in [-0.05, 0) is 36.6 Å². The zero-order valence-electron chi connectivity index (χ0n) is 13.5. The minimum atomic E-state index is -0.234. The molecule has 2 aromatic heterocycles. The fourth-order valence-electron chi connectivity index (χ4n) is 3.16.